The van der Waals surface area contributed by atoms with E-state index in [4.69, 9.17) is 14.6 Å². The number of unbranched alkanes of at least 4 members (excludes halogenated alkanes) is 1. The maximum absolute atomic E-state index is 13.3. The van der Waals surface area contributed by atoms with Gasteiger partial charge in [0.05, 0.1) is 31.0 Å². The molecule has 0 spiro atoms. The molecule has 11 heteroatoms. The largest absolute Gasteiger partial charge is 0.497 e. The zero-order chi connectivity index (χ0) is 29.6. The molecule has 3 N–H and O–H groups in total. The first-order valence-corrected chi connectivity index (χ1v) is 15.5. The normalized spacial score (nSPS) is 14.4. The molecule has 1 saturated carbocycles. The molecule has 1 heterocycles. The van der Waals surface area contributed by atoms with Gasteiger partial charge in [-0.05, 0) is 79.1 Å². The molecule has 0 saturated heterocycles. The van der Waals surface area contributed by atoms with E-state index in [1.165, 1.54) is 26.1 Å². The Morgan fingerprint density at radius 3 is 2.39 bits per heavy atom. The van der Waals surface area contributed by atoms with Gasteiger partial charge in [-0.3, -0.25) is 4.79 Å². The summed E-state index contributed by atoms with van der Waals surface area (Å²) in [5.74, 6) is 0.482. The van der Waals surface area contributed by atoms with Crippen molar-refractivity contribution in [1.29, 1.82) is 0 Å². The van der Waals surface area contributed by atoms with Crippen LogP contribution in [0.15, 0.2) is 42.5 Å². The van der Waals surface area contributed by atoms with E-state index in [9.17, 15) is 18.0 Å². The van der Waals surface area contributed by atoms with Crippen LogP contribution in [0, 0.1) is 0 Å². The Kier molecular flexibility index (Phi) is 10.1. The lowest BCUT2D eigenvalue weighted by Gasteiger charge is -2.24. The number of nitrogens with two attached hydrogens (primary N) is 1. The number of amides is 1. The van der Waals surface area contributed by atoms with Gasteiger partial charge < -0.3 is 19.4 Å². The van der Waals surface area contributed by atoms with Crippen molar-refractivity contribution in [3.8, 4) is 17.0 Å². The van der Waals surface area contributed by atoms with Gasteiger partial charge >= 0.3 is 5.97 Å². The second kappa shape index (κ2) is 13.5. The predicted molar refractivity (Wildman–Crippen MR) is 159 cm³/mol. The Morgan fingerprint density at radius 2 is 1.76 bits per heavy atom. The van der Waals surface area contributed by atoms with Crippen LogP contribution in [0.4, 0.5) is 0 Å². The molecule has 1 aromatic heterocycles. The maximum Gasteiger partial charge on any atom is 0.337 e. The highest BCUT2D eigenvalue weighted by Crippen LogP contribution is 2.44. The van der Waals surface area contributed by atoms with Crippen molar-refractivity contribution in [2.45, 2.75) is 57.4 Å². The smallest absolute Gasteiger partial charge is 0.337 e. The quantitative estimate of drug-likeness (QED) is 0.242. The second-order valence-electron chi connectivity index (χ2n) is 10.6. The number of fused-ring (bicyclic) bond motifs is 1. The number of esters is 1. The van der Waals surface area contributed by atoms with Crippen molar-refractivity contribution in [3.63, 3.8) is 0 Å². The fraction of sp³-hybridized carbons (Fsp3) is 0.467. The predicted octanol–water partition coefficient (Wildman–Crippen LogP) is 4.18. The van der Waals surface area contributed by atoms with Crippen LogP contribution in [0.3, 0.4) is 0 Å². The molecule has 1 aliphatic carbocycles. The van der Waals surface area contributed by atoms with Gasteiger partial charge in [-0.15, -0.1) is 0 Å². The monoisotopic (exact) mass is 584 g/mol. The maximum atomic E-state index is 13.3. The molecule has 10 nitrogen and oxygen atoms in total. The van der Waals surface area contributed by atoms with E-state index in [0.29, 0.717) is 30.9 Å². The van der Waals surface area contributed by atoms with Crippen LogP contribution in [0.1, 0.15) is 66.8 Å². The number of carbonyl (C=O) groups is 2. The van der Waals surface area contributed by atoms with Gasteiger partial charge in [0.2, 0.25) is 5.91 Å². The summed E-state index contributed by atoms with van der Waals surface area (Å²) in [5, 5.41) is 9.14. The number of hydrogen-bond acceptors (Lipinski definition) is 6. The van der Waals surface area contributed by atoms with E-state index in [1.807, 2.05) is 41.0 Å². The Morgan fingerprint density at radius 1 is 1.05 bits per heavy atom. The van der Waals surface area contributed by atoms with Crippen LogP contribution in [0.2, 0.25) is 0 Å². The van der Waals surface area contributed by atoms with Crippen LogP contribution in [0.25, 0.3) is 22.2 Å². The molecule has 2 aromatic carbocycles. The lowest BCUT2D eigenvalue weighted by atomic mass is 9.82. The zero-order valence-electron chi connectivity index (χ0n) is 24.0. The summed E-state index contributed by atoms with van der Waals surface area (Å²) in [4.78, 5) is 25.8. The average Bonchev–Trinajstić information content (AvgIpc) is 3.29. The topological polar surface area (TPSA) is 133 Å². The summed E-state index contributed by atoms with van der Waals surface area (Å²) in [6.07, 6.45) is 6.82. The number of aromatic nitrogens is 1. The van der Waals surface area contributed by atoms with Gasteiger partial charge in [-0.25, -0.2) is 9.93 Å². The third-order valence-corrected chi connectivity index (χ3v) is 8.91. The van der Waals surface area contributed by atoms with Crippen molar-refractivity contribution in [3.05, 3.63) is 53.6 Å². The summed E-state index contributed by atoms with van der Waals surface area (Å²) in [7, 11) is 0.696. The molecule has 1 amide bonds. The van der Waals surface area contributed by atoms with Crippen LogP contribution >= 0.6 is 0 Å². The van der Waals surface area contributed by atoms with Crippen molar-refractivity contribution in [1.82, 2.24) is 14.2 Å². The SMILES string of the molecule is COC(=O)c1ccc2c(C3CCCCC3)c(-c3ccc(OC)cc3)n(CC(=O)NCCCCN(C)S(N)(=O)=O)c2c1. The van der Waals surface area contributed by atoms with Crippen LogP contribution < -0.4 is 15.2 Å². The van der Waals surface area contributed by atoms with Gasteiger partial charge in [0.25, 0.3) is 10.2 Å². The lowest BCUT2D eigenvalue weighted by Crippen LogP contribution is -2.34. The number of hydrogen-bond donors (Lipinski definition) is 2. The molecule has 0 radical (unpaired) electrons. The average molecular weight is 585 g/mol. The van der Waals surface area contributed by atoms with Crippen molar-refractivity contribution in [2.24, 2.45) is 5.14 Å². The van der Waals surface area contributed by atoms with Gasteiger partial charge in [-0.1, -0.05) is 25.3 Å². The van der Waals surface area contributed by atoms with E-state index in [2.05, 4.69) is 5.32 Å². The highest BCUT2D eigenvalue weighted by atomic mass is 32.2. The standard InChI is InChI=1S/C30H40N4O6S/c1-33(41(31,37)38)18-8-7-17-32-27(35)20-34-26-19-23(30(36)40-3)13-16-25(26)28(21-9-5-4-6-10-21)29(34)22-11-14-24(39-2)15-12-22/h11-16,19,21H,4-10,17-18,20H2,1-3H3,(H,32,35)(H2,31,37,38). The fourth-order valence-corrected chi connectivity index (χ4v) is 6.05. The van der Waals surface area contributed by atoms with E-state index in [-0.39, 0.29) is 19.0 Å². The molecule has 3 aromatic rings. The van der Waals surface area contributed by atoms with E-state index in [0.717, 1.165) is 57.9 Å². The first kappa shape index (κ1) is 30.5. The summed E-state index contributed by atoms with van der Waals surface area (Å²) >= 11 is 0. The Labute approximate surface area is 242 Å². The fourth-order valence-electron chi connectivity index (χ4n) is 5.66. The van der Waals surface area contributed by atoms with Crippen LogP contribution in [-0.4, -0.2) is 63.5 Å². The minimum Gasteiger partial charge on any atom is -0.497 e. The van der Waals surface area contributed by atoms with Crippen molar-refractivity contribution < 1.29 is 27.5 Å². The minimum atomic E-state index is -3.72. The molecule has 41 heavy (non-hydrogen) atoms. The first-order valence-electron chi connectivity index (χ1n) is 14.0. The van der Waals surface area contributed by atoms with Gasteiger partial charge in [0.15, 0.2) is 0 Å². The Bertz CT molecular complexity index is 1480. The van der Waals surface area contributed by atoms with E-state index >= 15 is 0 Å². The highest BCUT2D eigenvalue weighted by molar-refractivity contribution is 7.86. The number of benzene rings is 2. The number of carbonyl (C=O) groups excluding carboxylic acids is 2. The van der Waals surface area contributed by atoms with Gasteiger partial charge in [-0.2, -0.15) is 12.7 Å². The zero-order valence-corrected chi connectivity index (χ0v) is 24.8. The number of nitrogens with zero attached hydrogens (tertiary/aromatic N) is 2. The minimum absolute atomic E-state index is 0.0618. The van der Waals surface area contributed by atoms with Gasteiger partial charge in [0.1, 0.15) is 12.3 Å². The Hall–Kier alpha value is -3.41. The van der Waals surface area contributed by atoms with Crippen LogP contribution in [-0.2, 0) is 26.3 Å². The highest BCUT2D eigenvalue weighted by Gasteiger charge is 2.28. The molecule has 0 atom stereocenters. The van der Waals surface area contributed by atoms with E-state index in [1.54, 1.807) is 13.2 Å². The first-order chi connectivity index (χ1) is 19.6. The third-order valence-electron chi connectivity index (χ3n) is 7.86. The van der Waals surface area contributed by atoms with Crippen LogP contribution in [0.5, 0.6) is 5.75 Å². The number of methoxy groups -OCH3 is 2. The van der Waals surface area contributed by atoms with E-state index < -0.39 is 16.2 Å². The molecule has 222 valence electrons. The third kappa shape index (κ3) is 7.27. The van der Waals surface area contributed by atoms with Crippen molar-refractivity contribution >= 4 is 33.0 Å². The number of ether oxygens (including phenoxy) is 2. The molecule has 1 aliphatic rings. The molecular weight excluding hydrogens is 544 g/mol. The molecule has 0 aliphatic heterocycles. The summed E-state index contributed by atoms with van der Waals surface area (Å²) in [5.41, 5.74) is 4.39. The number of rotatable bonds is 12. The summed E-state index contributed by atoms with van der Waals surface area (Å²) in [6.45, 7) is 0.739. The number of nitrogens with one attached hydrogen (secondary N) is 1. The van der Waals surface area contributed by atoms with Crippen molar-refractivity contribution in [2.75, 3.05) is 34.4 Å². The van der Waals surface area contributed by atoms with Gasteiger partial charge in [0, 0.05) is 25.5 Å². The molecule has 0 unspecified atom stereocenters. The second-order valence-corrected chi connectivity index (χ2v) is 12.2. The molecule has 0 bridgehead atoms. The molecule has 1 fully saturated rings. The Balaban J connectivity index is 1.70. The lowest BCUT2D eigenvalue weighted by molar-refractivity contribution is -0.121. The summed E-state index contributed by atoms with van der Waals surface area (Å²) in [6, 6.07) is 13.4. The molecular formula is C30H40N4O6S. The summed E-state index contributed by atoms with van der Waals surface area (Å²) < 4.78 is 36.3. The molecule has 4 rings (SSSR count).